The van der Waals surface area contributed by atoms with Crippen LogP contribution < -0.4 is 4.90 Å². The molecule has 0 bridgehead atoms. The summed E-state index contributed by atoms with van der Waals surface area (Å²) in [4.78, 5) is 24.0. The second-order valence-electron chi connectivity index (χ2n) is 6.08. The Morgan fingerprint density at radius 2 is 2.12 bits per heavy atom. The van der Waals surface area contributed by atoms with Crippen LogP contribution in [0.25, 0.3) is 0 Å². The van der Waals surface area contributed by atoms with Gasteiger partial charge in [0, 0.05) is 44.3 Å². The highest BCUT2D eigenvalue weighted by molar-refractivity contribution is 7.09. The van der Waals surface area contributed by atoms with Crippen molar-refractivity contribution in [1.29, 1.82) is 5.26 Å². The lowest BCUT2D eigenvalue weighted by atomic mass is 10.2. The second-order valence-corrected chi connectivity index (χ2v) is 7.11. The number of likely N-dealkylation sites (N-methyl/N-ethyl adjacent to an activating group) is 1. The van der Waals surface area contributed by atoms with E-state index in [0.29, 0.717) is 18.7 Å². The lowest BCUT2D eigenvalue weighted by molar-refractivity contribution is -0.131. The second kappa shape index (κ2) is 8.10. The van der Waals surface area contributed by atoms with E-state index in [0.717, 1.165) is 32.0 Å². The predicted octanol–water partition coefficient (Wildman–Crippen LogP) is 1.80. The van der Waals surface area contributed by atoms with Crippen molar-refractivity contribution in [3.8, 4) is 6.07 Å². The van der Waals surface area contributed by atoms with Crippen molar-refractivity contribution in [1.82, 2.24) is 14.8 Å². The zero-order chi connectivity index (χ0) is 17.6. The van der Waals surface area contributed by atoms with Crippen LogP contribution >= 0.6 is 11.3 Å². The minimum absolute atomic E-state index is 0.136. The molecule has 0 unspecified atom stereocenters. The van der Waals surface area contributed by atoms with Gasteiger partial charge in [0.15, 0.2) is 0 Å². The highest BCUT2D eigenvalue weighted by Gasteiger charge is 2.22. The average molecular weight is 355 g/mol. The molecule has 3 rings (SSSR count). The average Bonchev–Trinajstić information content (AvgIpc) is 3.15. The van der Waals surface area contributed by atoms with E-state index in [9.17, 15) is 10.1 Å². The highest BCUT2D eigenvalue weighted by atomic mass is 32.1. The topological polar surface area (TPSA) is 63.5 Å². The molecule has 2 aromatic rings. The zero-order valence-corrected chi connectivity index (χ0v) is 15.1. The summed E-state index contributed by atoms with van der Waals surface area (Å²) in [6.45, 7) is 4.22. The zero-order valence-electron chi connectivity index (χ0n) is 14.3. The minimum Gasteiger partial charge on any atom is -0.353 e. The molecular formula is C18H21N5OS. The van der Waals surface area contributed by atoms with Crippen molar-refractivity contribution >= 4 is 23.1 Å². The van der Waals surface area contributed by atoms with Gasteiger partial charge in [-0.1, -0.05) is 6.07 Å². The minimum atomic E-state index is 0.136. The molecule has 0 spiro atoms. The first-order valence-corrected chi connectivity index (χ1v) is 9.14. The molecule has 0 N–H and O–H groups in total. The summed E-state index contributed by atoms with van der Waals surface area (Å²) in [5, 5.41) is 11.2. The van der Waals surface area contributed by atoms with Crippen LogP contribution in [0.5, 0.6) is 0 Å². The van der Waals surface area contributed by atoms with Crippen molar-refractivity contribution in [2.45, 2.75) is 6.54 Å². The lowest BCUT2D eigenvalue weighted by Crippen LogP contribution is -2.50. The summed E-state index contributed by atoms with van der Waals surface area (Å²) in [5.41, 5.74) is 0.600. The van der Waals surface area contributed by atoms with Gasteiger partial charge in [-0.3, -0.25) is 9.69 Å². The number of aromatic nitrogens is 1. The summed E-state index contributed by atoms with van der Waals surface area (Å²) in [6.07, 6.45) is 1.71. The molecule has 6 nitrogen and oxygen atoms in total. The Balaban J connectivity index is 1.51. The van der Waals surface area contributed by atoms with Crippen LogP contribution in [0.2, 0.25) is 0 Å². The Bertz CT molecular complexity index is 747. The maximum Gasteiger partial charge on any atom is 0.236 e. The van der Waals surface area contributed by atoms with Crippen LogP contribution in [-0.4, -0.2) is 60.5 Å². The van der Waals surface area contributed by atoms with Gasteiger partial charge in [-0.25, -0.2) is 4.98 Å². The molecule has 1 aliphatic heterocycles. The first-order chi connectivity index (χ1) is 12.2. The third-order valence-corrected chi connectivity index (χ3v) is 5.20. The quantitative estimate of drug-likeness (QED) is 0.818. The van der Waals surface area contributed by atoms with E-state index >= 15 is 0 Å². The van der Waals surface area contributed by atoms with Gasteiger partial charge in [-0.2, -0.15) is 5.26 Å². The Morgan fingerprint density at radius 3 is 2.80 bits per heavy atom. The number of nitriles is 1. The molecule has 0 saturated carbocycles. The van der Waals surface area contributed by atoms with Crippen LogP contribution in [-0.2, 0) is 11.3 Å². The molecular weight excluding hydrogens is 334 g/mol. The first-order valence-electron chi connectivity index (χ1n) is 8.26. The van der Waals surface area contributed by atoms with Crippen molar-refractivity contribution in [3.63, 3.8) is 0 Å². The van der Waals surface area contributed by atoms with Gasteiger partial charge in [0.25, 0.3) is 0 Å². The van der Waals surface area contributed by atoms with Crippen LogP contribution in [0.1, 0.15) is 10.4 Å². The number of nitrogens with zero attached hydrogens (tertiary/aromatic N) is 5. The first kappa shape index (κ1) is 17.4. The SMILES string of the molecule is CN(Cc1cccs1)C(=O)CN1CCN(c2ncccc2C#N)CC1. The molecule has 2 aromatic heterocycles. The fourth-order valence-electron chi connectivity index (χ4n) is 2.89. The molecule has 0 radical (unpaired) electrons. The monoisotopic (exact) mass is 355 g/mol. The van der Waals surface area contributed by atoms with Crippen LogP contribution in [0.4, 0.5) is 5.82 Å². The molecule has 1 saturated heterocycles. The van der Waals surface area contributed by atoms with Gasteiger partial charge < -0.3 is 9.80 Å². The van der Waals surface area contributed by atoms with Crippen LogP contribution in [0.15, 0.2) is 35.8 Å². The maximum absolute atomic E-state index is 12.4. The largest absolute Gasteiger partial charge is 0.353 e. The number of rotatable bonds is 5. The van der Waals surface area contributed by atoms with E-state index in [4.69, 9.17) is 0 Å². The number of piperazine rings is 1. The van der Waals surface area contributed by atoms with Gasteiger partial charge in [-0.15, -0.1) is 11.3 Å². The predicted molar refractivity (Wildman–Crippen MR) is 98.4 cm³/mol. The Hall–Kier alpha value is -2.43. The van der Waals surface area contributed by atoms with Gasteiger partial charge >= 0.3 is 0 Å². The number of hydrogen-bond donors (Lipinski definition) is 0. The van der Waals surface area contributed by atoms with Crippen LogP contribution in [0, 0.1) is 11.3 Å². The van der Waals surface area contributed by atoms with Gasteiger partial charge in [0.2, 0.25) is 5.91 Å². The third kappa shape index (κ3) is 4.35. The highest BCUT2D eigenvalue weighted by Crippen LogP contribution is 2.18. The molecule has 7 heteroatoms. The van der Waals surface area contributed by atoms with Gasteiger partial charge in [0.05, 0.1) is 18.7 Å². The van der Waals surface area contributed by atoms with E-state index in [1.807, 2.05) is 24.6 Å². The number of pyridine rings is 1. The standard InChI is InChI=1S/C18H21N5OS/c1-21(13-16-5-3-11-25-16)17(24)14-22-7-9-23(10-8-22)18-15(12-19)4-2-6-20-18/h2-6,11H,7-10,13-14H2,1H3. The van der Waals surface area contributed by atoms with Gasteiger partial charge in [0.1, 0.15) is 11.9 Å². The maximum atomic E-state index is 12.4. The Morgan fingerprint density at radius 1 is 1.32 bits per heavy atom. The lowest BCUT2D eigenvalue weighted by Gasteiger charge is -2.35. The molecule has 0 aromatic carbocycles. The third-order valence-electron chi connectivity index (χ3n) is 4.34. The Labute approximate surface area is 151 Å². The molecule has 0 atom stereocenters. The number of anilines is 1. The summed E-state index contributed by atoms with van der Waals surface area (Å²) in [5.74, 6) is 0.878. The summed E-state index contributed by atoms with van der Waals surface area (Å²) >= 11 is 1.67. The molecule has 0 aliphatic carbocycles. The van der Waals surface area contributed by atoms with Crippen molar-refractivity contribution < 1.29 is 4.79 Å². The number of carbonyl (C=O) groups is 1. The smallest absolute Gasteiger partial charge is 0.236 e. The molecule has 25 heavy (non-hydrogen) atoms. The number of thiophene rings is 1. The van der Waals surface area contributed by atoms with Crippen LogP contribution in [0.3, 0.4) is 0 Å². The van der Waals surface area contributed by atoms with Gasteiger partial charge in [-0.05, 0) is 23.6 Å². The fraction of sp³-hybridized carbons (Fsp3) is 0.389. The number of carbonyl (C=O) groups excluding carboxylic acids is 1. The molecule has 130 valence electrons. The summed E-state index contributed by atoms with van der Waals surface area (Å²) < 4.78 is 0. The number of amides is 1. The molecule has 1 amide bonds. The van der Waals surface area contributed by atoms with Crippen molar-refractivity contribution in [3.05, 3.63) is 46.3 Å². The Kier molecular flexibility index (Phi) is 5.64. The van der Waals surface area contributed by atoms with E-state index in [1.54, 1.807) is 34.6 Å². The normalized spacial score (nSPS) is 15.0. The molecule has 1 fully saturated rings. The summed E-state index contributed by atoms with van der Waals surface area (Å²) in [7, 11) is 1.85. The van der Waals surface area contributed by atoms with Crippen molar-refractivity contribution in [2.24, 2.45) is 0 Å². The fourth-order valence-corrected chi connectivity index (χ4v) is 3.65. The number of hydrogen-bond acceptors (Lipinski definition) is 6. The molecule has 1 aliphatic rings. The van der Waals surface area contributed by atoms with Crippen molar-refractivity contribution in [2.75, 3.05) is 44.7 Å². The molecule has 3 heterocycles. The summed E-state index contributed by atoms with van der Waals surface area (Å²) in [6, 6.07) is 9.82. The van der Waals surface area contributed by atoms with E-state index < -0.39 is 0 Å². The van der Waals surface area contributed by atoms with E-state index in [1.165, 1.54) is 4.88 Å². The van der Waals surface area contributed by atoms with E-state index in [-0.39, 0.29) is 5.91 Å². The van der Waals surface area contributed by atoms with E-state index in [2.05, 4.69) is 20.9 Å².